The first-order chi connectivity index (χ1) is 7.97. The van der Waals surface area contributed by atoms with Crippen LogP contribution in [0, 0.1) is 0 Å². The van der Waals surface area contributed by atoms with Gasteiger partial charge in [0.1, 0.15) is 11.3 Å². The zero-order valence-electron chi connectivity index (χ0n) is 8.78. The number of carbonyl (C=O) groups is 3. The predicted octanol–water partition coefficient (Wildman–Crippen LogP) is 0.792. The van der Waals surface area contributed by atoms with Gasteiger partial charge in [0.25, 0.3) is 6.47 Å². The van der Waals surface area contributed by atoms with E-state index in [0.29, 0.717) is 0 Å². The first kappa shape index (κ1) is 14.4. The van der Waals surface area contributed by atoms with E-state index in [1.54, 1.807) is 0 Å². The number of carboxylic acids is 2. The Bertz CT molecular complexity index is 425. The lowest BCUT2D eigenvalue weighted by molar-refractivity contribution is -0.122. The van der Waals surface area contributed by atoms with Crippen molar-refractivity contribution in [3.05, 3.63) is 29.3 Å². The van der Waals surface area contributed by atoms with Crippen molar-refractivity contribution in [2.45, 2.75) is 0 Å². The number of hydrogen-bond acceptors (Lipinski definition) is 4. The van der Waals surface area contributed by atoms with Crippen LogP contribution in [0.5, 0.6) is 5.75 Å². The highest BCUT2D eigenvalue weighted by atomic mass is 16.5. The van der Waals surface area contributed by atoms with Crippen molar-refractivity contribution in [2.24, 2.45) is 0 Å². The molecule has 92 valence electrons. The maximum atomic E-state index is 10.6. The summed E-state index contributed by atoms with van der Waals surface area (Å²) >= 11 is 0. The molecule has 0 saturated carbocycles. The highest BCUT2D eigenvalue weighted by Gasteiger charge is 2.13. The van der Waals surface area contributed by atoms with E-state index in [1.807, 2.05) is 0 Å². The van der Waals surface area contributed by atoms with Gasteiger partial charge in [-0.25, -0.2) is 9.59 Å². The average Bonchev–Trinajstić information content (AvgIpc) is 2.28. The number of aromatic carboxylic acids is 2. The summed E-state index contributed by atoms with van der Waals surface area (Å²) in [4.78, 5) is 29.5. The number of benzene rings is 1. The van der Waals surface area contributed by atoms with Crippen LogP contribution in [0.3, 0.4) is 0 Å². The molecule has 0 heterocycles. The van der Waals surface area contributed by atoms with Crippen LogP contribution in [0.2, 0.25) is 0 Å². The van der Waals surface area contributed by atoms with Gasteiger partial charge in [0.05, 0.1) is 12.7 Å². The van der Waals surface area contributed by atoms with Gasteiger partial charge in [0.2, 0.25) is 0 Å². The average molecular weight is 242 g/mol. The van der Waals surface area contributed by atoms with Gasteiger partial charge in [-0.1, -0.05) is 0 Å². The molecule has 0 spiro atoms. The van der Waals surface area contributed by atoms with Gasteiger partial charge in [0, 0.05) is 0 Å². The standard InChI is InChI=1S/C9H8O5.CH2O2/c1-14-7-4-5(8(10)11)2-3-6(7)9(12)13;2-1-3/h2-4H,1H3,(H,10,11)(H,12,13);1H,(H,2,3). The number of hydrogen-bond donors (Lipinski definition) is 3. The van der Waals surface area contributed by atoms with Crippen molar-refractivity contribution in [1.82, 2.24) is 0 Å². The molecular weight excluding hydrogens is 232 g/mol. The summed E-state index contributed by atoms with van der Waals surface area (Å²) in [6, 6.07) is 3.59. The van der Waals surface area contributed by atoms with Crippen molar-refractivity contribution >= 4 is 18.4 Å². The fourth-order valence-electron chi connectivity index (χ4n) is 1.00. The van der Waals surface area contributed by atoms with Crippen LogP contribution in [0.15, 0.2) is 18.2 Å². The van der Waals surface area contributed by atoms with Crippen LogP contribution in [0.4, 0.5) is 0 Å². The monoisotopic (exact) mass is 242 g/mol. The fraction of sp³-hybridized carbons (Fsp3) is 0.100. The minimum atomic E-state index is -1.15. The number of methoxy groups -OCH3 is 1. The molecule has 17 heavy (non-hydrogen) atoms. The summed E-state index contributed by atoms with van der Waals surface area (Å²) in [5.41, 5.74) is -0.0654. The van der Waals surface area contributed by atoms with Gasteiger partial charge in [-0.2, -0.15) is 0 Å². The van der Waals surface area contributed by atoms with Crippen LogP contribution in [0.1, 0.15) is 20.7 Å². The van der Waals surface area contributed by atoms with E-state index >= 15 is 0 Å². The highest BCUT2D eigenvalue weighted by Crippen LogP contribution is 2.20. The van der Waals surface area contributed by atoms with Gasteiger partial charge >= 0.3 is 11.9 Å². The van der Waals surface area contributed by atoms with Crippen molar-refractivity contribution < 1.29 is 34.4 Å². The van der Waals surface area contributed by atoms with Crippen molar-refractivity contribution in [1.29, 1.82) is 0 Å². The third kappa shape index (κ3) is 4.20. The molecule has 7 heteroatoms. The molecule has 0 fully saturated rings. The fourth-order valence-corrected chi connectivity index (χ4v) is 1.00. The van der Waals surface area contributed by atoms with E-state index in [0.717, 1.165) is 0 Å². The highest BCUT2D eigenvalue weighted by molar-refractivity contribution is 5.94. The molecule has 1 aromatic rings. The van der Waals surface area contributed by atoms with Gasteiger partial charge in [-0.05, 0) is 18.2 Å². The Morgan fingerprint density at radius 3 is 2.12 bits per heavy atom. The molecule has 0 aromatic heterocycles. The Morgan fingerprint density at radius 1 is 1.24 bits per heavy atom. The summed E-state index contributed by atoms with van der Waals surface area (Å²) in [7, 11) is 1.29. The summed E-state index contributed by atoms with van der Waals surface area (Å²) in [5, 5.41) is 24.2. The molecular formula is C10H10O7. The number of carboxylic acid groups (broad SMARTS) is 3. The first-order valence-electron chi connectivity index (χ1n) is 4.20. The predicted molar refractivity (Wildman–Crippen MR) is 55.6 cm³/mol. The second-order valence-electron chi connectivity index (χ2n) is 2.63. The third-order valence-corrected chi connectivity index (χ3v) is 1.68. The Balaban J connectivity index is 0.000000770. The Morgan fingerprint density at radius 2 is 1.76 bits per heavy atom. The van der Waals surface area contributed by atoms with Crippen molar-refractivity contribution in [3.63, 3.8) is 0 Å². The van der Waals surface area contributed by atoms with E-state index in [9.17, 15) is 9.59 Å². The maximum absolute atomic E-state index is 10.6. The first-order valence-corrected chi connectivity index (χ1v) is 4.20. The van der Waals surface area contributed by atoms with E-state index in [4.69, 9.17) is 24.9 Å². The van der Waals surface area contributed by atoms with E-state index in [-0.39, 0.29) is 23.3 Å². The Kier molecular flexibility index (Phi) is 5.80. The van der Waals surface area contributed by atoms with E-state index < -0.39 is 11.9 Å². The molecule has 3 N–H and O–H groups in total. The van der Waals surface area contributed by atoms with Gasteiger partial charge < -0.3 is 20.1 Å². The normalized spacial score (nSPS) is 8.53. The topological polar surface area (TPSA) is 121 Å². The molecule has 0 unspecified atom stereocenters. The summed E-state index contributed by atoms with van der Waals surface area (Å²) < 4.78 is 4.75. The summed E-state index contributed by atoms with van der Waals surface area (Å²) in [6.45, 7) is -0.250. The molecule has 1 rings (SSSR count). The quantitative estimate of drug-likeness (QED) is 0.670. The lowest BCUT2D eigenvalue weighted by atomic mass is 10.1. The Labute approximate surface area is 95.9 Å². The Hall–Kier alpha value is -2.57. The van der Waals surface area contributed by atoms with E-state index in [2.05, 4.69) is 0 Å². The molecule has 1 aromatic carbocycles. The second-order valence-corrected chi connectivity index (χ2v) is 2.63. The van der Waals surface area contributed by atoms with Crippen molar-refractivity contribution in [3.8, 4) is 5.75 Å². The lowest BCUT2D eigenvalue weighted by Crippen LogP contribution is -2.03. The van der Waals surface area contributed by atoms with Crippen LogP contribution in [0.25, 0.3) is 0 Å². The zero-order valence-corrected chi connectivity index (χ0v) is 8.78. The largest absolute Gasteiger partial charge is 0.496 e. The molecule has 0 aliphatic heterocycles. The molecule has 0 aliphatic carbocycles. The minimum Gasteiger partial charge on any atom is -0.496 e. The minimum absolute atomic E-state index is 0.00755. The summed E-state index contributed by atoms with van der Waals surface area (Å²) in [5.74, 6) is -2.24. The maximum Gasteiger partial charge on any atom is 0.339 e. The lowest BCUT2D eigenvalue weighted by Gasteiger charge is -2.04. The molecule has 0 bridgehead atoms. The number of rotatable bonds is 3. The van der Waals surface area contributed by atoms with E-state index in [1.165, 1.54) is 25.3 Å². The van der Waals surface area contributed by atoms with Crippen molar-refractivity contribution in [2.75, 3.05) is 7.11 Å². The molecule has 0 aliphatic rings. The second kappa shape index (κ2) is 6.83. The molecule has 0 amide bonds. The van der Waals surface area contributed by atoms with Gasteiger partial charge in [-0.15, -0.1) is 0 Å². The molecule has 0 radical (unpaired) electrons. The third-order valence-electron chi connectivity index (χ3n) is 1.68. The molecule has 0 atom stereocenters. The SMILES string of the molecule is COc1cc(C(=O)O)ccc1C(=O)O.O=CO. The van der Waals surface area contributed by atoms with Gasteiger partial charge in [-0.3, -0.25) is 4.79 Å². The van der Waals surface area contributed by atoms with Crippen LogP contribution in [-0.4, -0.2) is 40.8 Å². The molecule has 7 nitrogen and oxygen atoms in total. The van der Waals surface area contributed by atoms with Gasteiger partial charge in [0.15, 0.2) is 0 Å². The zero-order chi connectivity index (χ0) is 13.4. The van der Waals surface area contributed by atoms with Crippen LogP contribution in [-0.2, 0) is 4.79 Å². The van der Waals surface area contributed by atoms with Crippen LogP contribution < -0.4 is 4.74 Å². The smallest absolute Gasteiger partial charge is 0.339 e. The van der Waals surface area contributed by atoms with Crippen LogP contribution >= 0.6 is 0 Å². The number of ether oxygens (including phenoxy) is 1. The molecule has 0 saturated heterocycles. The summed E-state index contributed by atoms with van der Waals surface area (Å²) in [6.07, 6.45) is 0.